The van der Waals surface area contributed by atoms with Gasteiger partial charge in [-0.1, -0.05) is 24.3 Å². The van der Waals surface area contributed by atoms with Gasteiger partial charge in [-0.3, -0.25) is 44.1 Å². The van der Waals surface area contributed by atoms with E-state index in [1.54, 1.807) is 137 Å². The number of aromatic amines is 1. The summed E-state index contributed by atoms with van der Waals surface area (Å²) in [6.07, 6.45) is 21.3. The van der Waals surface area contributed by atoms with Gasteiger partial charge in [0.05, 0.1) is 98.8 Å². The number of carbonyl (C=O) groups excluding carboxylic acids is 4. The van der Waals surface area contributed by atoms with E-state index in [1.807, 2.05) is 79.9 Å². The van der Waals surface area contributed by atoms with E-state index in [2.05, 4.69) is 86.1 Å². The third-order valence-corrected chi connectivity index (χ3v) is 14.5. The molecule has 28 heteroatoms. The fourth-order valence-electron chi connectivity index (χ4n) is 9.41. The summed E-state index contributed by atoms with van der Waals surface area (Å²) in [5.74, 6) is 0.678. The van der Waals surface area contributed by atoms with Crippen LogP contribution in [-0.2, 0) is 0 Å². The molecule has 9 heterocycles. The Labute approximate surface area is 580 Å². The van der Waals surface area contributed by atoms with Crippen LogP contribution < -0.4 is 57.4 Å². The summed E-state index contributed by atoms with van der Waals surface area (Å²) in [5.41, 5.74) is 27.7. The second-order valence-corrected chi connectivity index (χ2v) is 21.2. The number of methoxy groups -OCH3 is 4. The number of nitrogen functional groups attached to an aromatic ring is 3. The summed E-state index contributed by atoms with van der Waals surface area (Å²) < 4.78 is 21.0. The molecular weight excluding hydrogens is 1270 g/mol. The van der Waals surface area contributed by atoms with E-state index < -0.39 is 17.7 Å². The number of aryl methyl sites for hydroxylation is 2. The number of para-hydroxylation sites is 2. The third kappa shape index (κ3) is 17.4. The molecule has 0 saturated carbocycles. The average molecular weight is 1350 g/mol. The first-order valence-electron chi connectivity index (χ1n) is 30.2. The van der Waals surface area contributed by atoms with E-state index in [4.69, 9.17) is 36.1 Å². The number of fused-ring (bicyclic) bond motifs is 1. The maximum atomic E-state index is 12.8. The molecule has 0 bridgehead atoms. The van der Waals surface area contributed by atoms with E-state index in [-0.39, 0.29) is 54.7 Å². The average Bonchev–Trinajstić information content (AvgIpc) is 0.966. The quantitative estimate of drug-likeness (QED) is 0.0445. The Kier molecular flexibility index (Phi) is 22.5. The normalized spacial score (nSPS) is 10.4. The Morgan fingerprint density at radius 2 is 0.820 bits per heavy atom. The van der Waals surface area contributed by atoms with Gasteiger partial charge in [-0.25, -0.2) is 34.9 Å². The van der Waals surface area contributed by atoms with Crippen molar-refractivity contribution in [3.05, 3.63) is 248 Å². The number of carbonyl (C=O) groups is 4. The lowest BCUT2D eigenvalue weighted by atomic mass is 10.2. The smallest absolute Gasteiger partial charge is 0.278 e. The fraction of sp³-hybridized carbons (Fsp3) is 0.0833. The SMILES string of the molecule is COc1ccc(C)cc1NC(=O)c1nc(-c2cccnc2)cnc1N.COc1ccc(OC)c(NC(=O)c2nc(-c3cccnc3)cnc2C)c1.COc1ccccc1NC(=O)c1nc(-c2cccnc2)cnc1N.Nc1ncc(-c2cccnc2)nc1C(=O)Nc1ccc2cc[nH]c2c1.[HH].[HH].[HH].[HH].[HH].[HH]. The summed E-state index contributed by atoms with van der Waals surface area (Å²) in [7, 11) is 6.16. The Balaban J connectivity index is 0.000000293. The zero-order valence-electron chi connectivity index (χ0n) is 54.6. The summed E-state index contributed by atoms with van der Waals surface area (Å²) in [4.78, 5) is 104. The first-order chi connectivity index (χ1) is 48.6. The minimum absolute atomic E-state index is 0. The van der Waals surface area contributed by atoms with E-state index in [0.29, 0.717) is 74.2 Å². The molecule has 0 unspecified atom stereocenters. The van der Waals surface area contributed by atoms with Gasteiger partial charge in [0.1, 0.15) is 28.7 Å². The highest BCUT2D eigenvalue weighted by atomic mass is 16.5. The number of pyridine rings is 4. The number of amides is 4. The number of H-pyrrole nitrogens is 1. The van der Waals surface area contributed by atoms with Crippen molar-refractivity contribution in [1.29, 1.82) is 0 Å². The van der Waals surface area contributed by atoms with Crippen molar-refractivity contribution in [3.63, 3.8) is 0 Å². The molecule has 0 aliphatic carbocycles. The van der Waals surface area contributed by atoms with E-state index in [1.165, 1.54) is 39.9 Å². The van der Waals surface area contributed by atoms with E-state index >= 15 is 0 Å². The van der Waals surface area contributed by atoms with Crippen LogP contribution in [0.4, 0.5) is 40.2 Å². The van der Waals surface area contributed by atoms with Gasteiger partial charge >= 0.3 is 0 Å². The number of ether oxygens (including phenoxy) is 4. The standard InChI is InChI=1S/C19H18N4O3.C18H14N6O.C18H17N5O2.C17H15N5O2.6H2/c1-12-18(22-16(11-21-12)13-5-4-8-20-10-13)19(24)23-15-9-14(25-2)6-7-17(15)26-3;19-17-16(24-15(10-22-17)12-2-1-6-20-9-12)18(25)23-13-4-3-11-5-7-21-14(11)8-13;1-11-5-6-15(25-2)13(8-11)23-18(24)16-17(19)21-10-14(22-16)12-4-3-7-20-9-12;1-24-14-7-3-2-6-12(14)22-17(23)15-16(18)20-10-13(21-15)11-5-4-8-19-9-11;;;;;;/h4-11H,1-3H3,(H,23,24);1-10,21H,(H2,19,22)(H,23,25);3-10H,1-2H3,(H2,19,21)(H,23,24);2-10H,1H3,(H2,18,20)(H,22,23);6*1H. The van der Waals surface area contributed by atoms with Crippen LogP contribution in [0.15, 0.2) is 214 Å². The van der Waals surface area contributed by atoms with Crippen molar-refractivity contribution in [1.82, 2.24) is 64.8 Å². The van der Waals surface area contributed by atoms with Crippen LogP contribution in [0.5, 0.6) is 23.0 Å². The Morgan fingerprint density at radius 1 is 0.400 bits per heavy atom. The van der Waals surface area contributed by atoms with Gasteiger partial charge in [-0.2, -0.15) is 0 Å². The molecule has 9 aromatic heterocycles. The van der Waals surface area contributed by atoms with E-state index in [9.17, 15) is 19.2 Å². The minimum atomic E-state index is -0.463. The van der Waals surface area contributed by atoms with Crippen molar-refractivity contribution in [2.75, 3.05) is 66.9 Å². The number of hydrogen-bond donors (Lipinski definition) is 8. The Hall–Kier alpha value is -14.2. The molecule has 4 amide bonds. The fourth-order valence-corrected chi connectivity index (χ4v) is 9.41. The molecule has 0 fully saturated rings. The van der Waals surface area contributed by atoms with E-state index in [0.717, 1.165) is 38.7 Å². The zero-order valence-corrected chi connectivity index (χ0v) is 54.6. The summed E-state index contributed by atoms with van der Waals surface area (Å²) in [6.45, 7) is 3.66. The molecule has 0 aliphatic rings. The van der Waals surface area contributed by atoms with Crippen LogP contribution in [0.25, 0.3) is 55.9 Å². The van der Waals surface area contributed by atoms with Crippen LogP contribution >= 0.6 is 0 Å². The molecule has 4 aromatic carbocycles. The zero-order chi connectivity index (χ0) is 70.5. The maximum absolute atomic E-state index is 12.8. The molecular formula is C72H76N20O8. The predicted molar refractivity (Wildman–Crippen MR) is 392 cm³/mol. The van der Waals surface area contributed by atoms with Gasteiger partial charge in [0.2, 0.25) is 0 Å². The number of benzene rings is 4. The number of aromatic nitrogens is 13. The lowest BCUT2D eigenvalue weighted by molar-refractivity contribution is 0.101. The number of nitrogens with one attached hydrogen (secondary N) is 5. The first kappa shape index (κ1) is 68.7. The number of hydrogen-bond acceptors (Lipinski definition) is 23. The lowest BCUT2D eigenvalue weighted by Gasteiger charge is -2.12. The van der Waals surface area contributed by atoms with Gasteiger partial charge < -0.3 is 62.4 Å². The molecule has 11 N–H and O–H groups in total. The van der Waals surface area contributed by atoms with Gasteiger partial charge in [0.15, 0.2) is 34.5 Å². The highest BCUT2D eigenvalue weighted by molar-refractivity contribution is 6.09. The van der Waals surface area contributed by atoms with Gasteiger partial charge in [0, 0.05) is 104 Å². The highest BCUT2D eigenvalue weighted by Crippen LogP contribution is 2.31. The minimum Gasteiger partial charge on any atom is -0.497 e. The molecule has 0 spiro atoms. The predicted octanol–water partition coefficient (Wildman–Crippen LogP) is 12.5. The number of nitrogens with two attached hydrogens (primary N) is 3. The van der Waals surface area contributed by atoms with Gasteiger partial charge in [0.25, 0.3) is 23.6 Å². The second kappa shape index (κ2) is 32.8. The van der Waals surface area contributed by atoms with Gasteiger partial charge in [-0.15, -0.1) is 0 Å². The largest absolute Gasteiger partial charge is 0.497 e. The Morgan fingerprint density at radius 3 is 1.29 bits per heavy atom. The van der Waals surface area contributed by atoms with Crippen molar-refractivity contribution in [3.8, 4) is 68.0 Å². The Bertz CT molecular complexity index is 5050. The molecule has 0 radical (unpaired) electrons. The summed E-state index contributed by atoms with van der Waals surface area (Å²) >= 11 is 0. The number of rotatable bonds is 16. The molecule has 100 heavy (non-hydrogen) atoms. The maximum Gasteiger partial charge on any atom is 0.278 e. The van der Waals surface area contributed by atoms with Crippen molar-refractivity contribution in [2.45, 2.75) is 13.8 Å². The van der Waals surface area contributed by atoms with Crippen molar-refractivity contribution < 1.29 is 46.7 Å². The molecule has 13 aromatic rings. The van der Waals surface area contributed by atoms with Gasteiger partial charge in [-0.05, 0) is 128 Å². The first-order valence-corrected chi connectivity index (χ1v) is 30.2. The summed E-state index contributed by atoms with van der Waals surface area (Å²) in [5, 5.41) is 12.2. The topological polar surface area (TPSA) is 402 Å². The summed E-state index contributed by atoms with van der Waals surface area (Å²) in [6, 6.07) is 39.8. The number of anilines is 7. The van der Waals surface area contributed by atoms with Crippen LogP contribution in [-0.4, -0.2) is 117 Å². The molecule has 512 valence electrons. The molecule has 13 rings (SSSR count). The highest BCUT2D eigenvalue weighted by Gasteiger charge is 2.21. The molecule has 0 aliphatic heterocycles. The van der Waals surface area contributed by atoms with Crippen molar-refractivity contribution in [2.24, 2.45) is 0 Å². The lowest BCUT2D eigenvalue weighted by Crippen LogP contribution is -2.17. The van der Waals surface area contributed by atoms with Crippen LogP contribution in [0.2, 0.25) is 0 Å². The molecule has 28 nitrogen and oxygen atoms in total. The van der Waals surface area contributed by atoms with Crippen LogP contribution in [0.1, 0.15) is 61.8 Å². The monoisotopic (exact) mass is 1350 g/mol. The van der Waals surface area contributed by atoms with Crippen molar-refractivity contribution >= 4 is 74.7 Å². The molecule has 0 saturated heterocycles. The second-order valence-electron chi connectivity index (χ2n) is 21.2. The third-order valence-electron chi connectivity index (χ3n) is 14.5. The van der Waals surface area contributed by atoms with Crippen LogP contribution in [0.3, 0.4) is 0 Å². The number of nitrogens with zero attached hydrogens (tertiary/aromatic N) is 12. The molecule has 0 atom stereocenters. The van der Waals surface area contributed by atoms with Crippen LogP contribution in [0, 0.1) is 13.8 Å².